The summed E-state index contributed by atoms with van der Waals surface area (Å²) in [6, 6.07) is 4.05. The van der Waals surface area contributed by atoms with Gasteiger partial charge in [-0.2, -0.15) is 0 Å². The van der Waals surface area contributed by atoms with Crippen molar-refractivity contribution in [2.75, 3.05) is 7.11 Å². The molecule has 2 atom stereocenters. The smallest absolute Gasteiger partial charge is 0.307 e. The van der Waals surface area contributed by atoms with E-state index in [2.05, 4.69) is 6.07 Å². The molecule has 0 aliphatic heterocycles. The third-order valence-corrected chi connectivity index (χ3v) is 3.35. The Morgan fingerprint density at radius 3 is 2.50 bits per heavy atom. The minimum absolute atomic E-state index is 0.131. The van der Waals surface area contributed by atoms with Crippen LogP contribution in [-0.2, 0) is 4.79 Å². The fourth-order valence-corrected chi connectivity index (χ4v) is 2.09. The Hall–Kier alpha value is -1.51. The van der Waals surface area contributed by atoms with Gasteiger partial charge in [0.15, 0.2) is 0 Å². The molecular weight excluding hydrogens is 204 g/mol. The zero-order chi connectivity index (χ0) is 11.9. The highest BCUT2D eigenvalue weighted by molar-refractivity contribution is 5.75. The van der Waals surface area contributed by atoms with Crippen molar-refractivity contribution < 1.29 is 14.6 Å². The molecule has 0 radical (unpaired) electrons. The van der Waals surface area contributed by atoms with Crippen molar-refractivity contribution >= 4 is 5.97 Å². The molecule has 1 aromatic rings. The molecule has 1 aliphatic rings. The molecule has 1 saturated carbocycles. The number of carboxylic acid groups (broad SMARTS) is 1. The van der Waals surface area contributed by atoms with E-state index in [4.69, 9.17) is 9.84 Å². The van der Waals surface area contributed by atoms with Crippen LogP contribution in [-0.4, -0.2) is 18.2 Å². The molecule has 86 valence electrons. The van der Waals surface area contributed by atoms with Crippen LogP contribution in [0.2, 0.25) is 0 Å². The van der Waals surface area contributed by atoms with Crippen LogP contribution in [0.1, 0.15) is 29.0 Å². The number of rotatable bonds is 3. The first-order valence-electron chi connectivity index (χ1n) is 5.42. The maximum atomic E-state index is 10.9. The number of aliphatic carboxylic acids is 1. The van der Waals surface area contributed by atoms with Crippen molar-refractivity contribution in [1.29, 1.82) is 0 Å². The first kappa shape index (κ1) is 11.0. The lowest BCUT2D eigenvalue weighted by Crippen LogP contribution is -2.01. The van der Waals surface area contributed by atoms with Gasteiger partial charge in [0.1, 0.15) is 5.75 Å². The molecule has 3 nitrogen and oxygen atoms in total. The van der Waals surface area contributed by atoms with E-state index < -0.39 is 5.97 Å². The lowest BCUT2D eigenvalue weighted by molar-refractivity contribution is -0.138. The minimum atomic E-state index is -0.703. The summed E-state index contributed by atoms with van der Waals surface area (Å²) in [5.74, 6) is 0.0184. The molecule has 0 aromatic heterocycles. The fourth-order valence-electron chi connectivity index (χ4n) is 2.09. The van der Waals surface area contributed by atoms with E-state index in [1.54, 1.807) is 7.11 Å². The summed E-state index contributed by atoms with van der Waals surface area (Å²) in [6.45, 7) is 4.07. The molecule has 0 bridgehead atoms. The monoisotopic (exact) mass is 220 g/mol. The summed E-state index contributed by atoms with van der Waals surface area (Å²) in [7, 11) is 1.63. The number of aryl methyl sites for hydroxylation is 2. The molecule has 1 aromatic carbocycles. The molecular formula is C13H16O3. The van der Waals surface area contributed by atoms with Crippen molar-refractivity contribution in [2.24, 2.45) is 5.92 Å². The normalized spacial score (nSPS) is 22.9. The topological polar surface area (TPSA) is 46.5 Å². The van der Waals surface area contributed by atoms with Crippen molar-refractivity contribution in [1.82, 2.24) is 0 Å². The Kier molecular flexibility index (Phi) is 2.62. The van der Waals surface area contributed by atoms with Gasteiger partial charge in [-0.3, -0.25) is 4.79 Å². The Balaban J connectivity index is 2.34. The van der Waals surface area contributed by atoms with Crippen LogP contribution in [0.4, 0.5) is 0 Å². The summed E-state index contributed by atoms with van der Waals surface area (Å²) in [5.41, 5.74) is 3.40. The molecule has 3 heteroatoms. The van der Waals surface area contributed by atoms with E-state index in [-0.39, 0.29) is 11.8 Å². The summed E-state index contributed by atoms with van der Waals surface area (Å²) < 4.78 is 5.32. The third kappa shape index (κ3) is 1.77. The Labute approximate surface area is 95.0 Å². The van der Waals surface area contributed by atoms with Crippen LogP contribution in [0.15, 0.2) is 12.1 Å². The van der Waals surface area contributed by atoms with Gasteiger partial charge < -0.3 is 9.84 Å². The van der Waals surface area contributed by atoms with Crippen LogP contribution >= 0.6 is 0 Å². The second kappa shape index (κ2) is 3.81. The number of ether oxygens (including phenoxy) is 1. The van der Waals surface area contributed by atoms with Gasteiger partial charge in [0.2, 0.25) is 0 Å². The standard InChI is InChI=1S/C13H16O3/c1-7-4-10(9-6-11(9)13(14)15)12(16-3)5-8(7)2/h4-5,9,11H,6H2,1-3H3,(H,14,15). The van der Waals surface area contributed by atoms with Crippen LogP contribution in [0.25, 0.3) is 0 Å². The number of benzene rings is 1. The van der Waals surface area contributed by atoms with Gasteiger partial charge in [0.25, 0.3) is 0 Å². The van der Waals surface area contributed by atoms with E-state index in [1.165, 1.54) is 11.1 Å². The maximum absolute atomic E-state index is 10.9. The predicted molar refractivity (Wildman–Crippen MR) is 61.0 cm³/mol. The second-order valence-electron chi connectivity index (χ2n) is 4.47. The van der Waals surface area contributed by atoms with Crippen molar-refractivity contribution in [3.8, 4) is 5.75 Å². The molecule has 1 fully saturated rings. The fraction of sp³-hybridized carbons (Fsp3) is 0.462. The first-order chi connectivity index (χ1) is 7.54. The number of carboxylic acids is 1. The summed E-state index contributed by atoms with van der Waals surface area (Å²) in [4.78, 5) is 10.9. The number of hydrogen-bond donors (Lipinski definition) is 1. The van der Waals surface area contributed by atoms with Crippen molar-refractivity contribution in [2.45, 2.75) is 26.2 Å². The molecule has 0 saturated heterocycles. The van der Waals surface area contributed by atoms with Gasteiger partial charge in [-0.1, -0.05) is 6.07 Å². The van der Waals surface area contributed by atoms with Gasteiger partial charge in [-0.25, -0.2) is 0 Å². The molecule has 0 spiro atoms. The van der Waals surface area contributed by atoms with Crippen molar-refractivity contribution in [3.63, 3.8) is 0 Å². The highest BCUT2D eigenvalue weighted by Crippen LogP contribution is 2.50. The first-order valence-corrected chi connectivity index (χ1v) is 5.42. The second-order valence-corrected chi connectivity index (χ2v) is 4.47. The van der Waals surface area contributed by atoms with Crippen LogP contribution in [0, 0.1) is 19.8 Å². The molecule has 2 rings (SSSR count). The van der Waals surface area contributed by atoms with E-state index in [1.807, 2.05) is 19.9 Å². The van der Waals surface area contributed by atoms with E-state index in [0.717, 1.165) is 17.7 Å². The minimum Gasteiger partial charge on any atom is -0.496 e. The Morgan fingerprint density at radius 1 is 1.38 bits per heavy atom. The molecule has 1 N–H and O–H groups in total. The van der Waals surface area contributed by atoms with Gasteiger partial charge in [0.05, 0.1) is 13.0 Å². The highest BCUT2D eigenvalue weighted by atomic mass is 16.5. The molecule has 16 heavy (non-hydrogen) atoms. The number of carbonyl (C=O) groups is 1. The summed E-state index contributed by atoms with van der Waals surface area (Å²) in [5, 5.41) is 8.93. The van der Waals surface area contributed by atoms with E-state index >= 15 is 0 Å². The SMILES string of the molecule is COc1cc(C)c(C)cc1C1CC1C(=O)O. The quantitative estimate of drug-likeness (QED) is 0.851. The third-order valence-electron chi connectivity index (χ3n) is 3.35. The summed E-state index contributed by atoms with van der Waals surface area (Å²) >= 11 is 0. The molecule has 0 heterocycles. The lowest BCUT2D eigenvalue weighted by Gasteiger charge is -2.11. The van der Waals surface area contributed by atoms with Crippen molar-refractivity contribution in [3.05, 3.63) is 28.8 Å². The zero-order valence-electron chi connectivity index (χ0n) is 9.78. The average molecular weight is 220 g/mol. The highest BCUT2D eigenvalue weighted by Gasteiger charge is 2.45. The summed E-state index contributed by atoms with van der Waals surface area (Å²) in [6.07, 6.45) is 0.730. The predicted octanol–water partition coefficient (Wildman–Crippen LogP) is 2.50. The van der Waals surface area contributed by atoms with Gasteiger partial charge >= 0.3 is 5.97 Å². The molecule has 0 amide bonds. The van der Waals surface area contributed by atoms with E-state index in [0.29, 0.717) is 0 Å². The zero-order valence-corrected chi connectivity index (χ0v) is 9.78. The van der Waals surface area contributed by atoms with Gasteiger partial charge in [-0.05, 0) is 43.0 Å². The average Bonchev–Trinajstić information content (AvgIpc) is 3.01. The molecule has 2 unspecified atom stereocenters. The van der Waals surface area contributed by atoms with Crippen LogP contribution < -0.4 is 4.74 Å². The Morgan fingerprint density at radius 2 is 2.00 bits per heavy atom. The van der Waals surface area contributed by atoms with Gasteiger partial charge in [-0.15, -0.1) is 0 Å². The van der Waals surface area contributed by atoms with Gasteiger partial charge in [0, 0.05) is 5.92 Å². The number of methoxy groups -OCH3 is 1. The van der Waals surface area contributed by atoms with Crippen LogP contribution in [0.3, 0.4) is 0 Å². The Bertz CT molecular complexity index is 437. The lowest BCUT2D eigenvalue weighted by atomic mass is 10.0. The maximum Gasteiger partial charge on any atom is 0.307 e. The largest absolute Gasteiger partial charge is 0.496 e. The van der Waals surface area contributed by atoms with E-state index in [9.17, 15) is 4.79 Å². The van der Waals surface area contributed by atoms with Crippen LogP contribution in [0.5, 0.6) is 5.75 Å². The molecule has 1 aliphatic carbocycles. The number of hydrogen-bond acceptors (Lipinski definition) is 2.